The van der Waals surface area contributed by atoms with E-state index in [1.807, 2.05) is 12.1 Å². The minimum Gasteiger partial charge on any atom is -0.393 e. The van der Waals surface area contributed by atoms with Crippen molar-refractivity contribution < 1.29 is 13.7 Å². The summed E-state index contributed by atoms with van der Waals surface area (Å²) in [5.41, 5.74) is 2.82. The molecule has 2 heterocycles. The van der Waals surface area contributed by atoms with Crippen LogP contribution in [0.3, 0.4) is 0 Å². The molecule has 0 aliphatic rings. The predicted molar refractivity (Wildman–Crippen MR) is 104 cm³/mol. The van der Waals surface area contributed by atoms with E-state index < -0.39 is 10.8 Å². The van der Waals surface area contributed by atoms with Crippen molar-refractivity contribution in [2.45, 2.75) is 24.6 Å². The molecule has 0 fully saturated rings. The third kappa shape index (κ3) is 4.78. The number of imidazole rings is 1. The molecule has 2 unspecified atom stereocenters. The second kappa shape index (κ2) is 8.41. The Morgan fingerprint density at radius 2 is 2.00 bits per heavy atom. The molecule has 2 atom stereocenters. The Morgan fingerprint density at radius 3 is 2.67 bits per heavy atom. The van der Waals surface area contributed by atoms with Gasteiger partial charge in [-0.15, -0.1) is 0 Å². The Bertz CT molecular complexity index is 941. The second-order valence-electron chi connectivity index (χ2n) is 6.22. The lowest BCUT2D eigenvalue weighted by atomic mass is 10.1. The van der Waals surface area contributed by atoms with Crippen LogP contribution in [-0.4, -0.2) is 43.2 Å². The fourth-order valence-corrected chi connectivity index (χ4v) is 3.07. The number of aliphatic hydroxyl groups is 1. The van der Waals surface area contributed by atoms with Gasteiger partial charge in [0.25, 0.3) is 0 Å². The normalized spacial score (nSPS) is 13.3. The number of rotatable bonds is 7. The van der Waals surface area contributed by atoms with Crippen LogP contribution < -0.4 is 5.32 Å². The first-order valence-corrected chi connectivity index (χ1v) is 10.1. The molecule has 3 rings (SSSR count). The molecule has 0 aliphatic carbocycles. The molecule has 8 heteroatoms. The van der Waals surface area contributed by atoms with Gasteiger partial charge in [0.05, 0.1) is 28.3 Å². The highest BCUT2D eigenvalue weighted by atomic mass is 32.2. The number of aromatic amines is 1. The average Bonchev–Trinajstić information content (AvgIpc) is 3.08. The molecule has 27 heavy (non-hydrogen) atoms. The van der Waals surface area contributed by atoms with E-state index in [0.717, 1.165) is 11.1 Å². The first-order chi connectivity index (χ1) is 12.9. The largest absolute Gasteiger partial charge is 0.393 e. The lowest BCUT2D eigenvalue weighted by Crippen LogP contribution is -2.10. The molecule has 0 bridgehead atoms. The van der Waals surface area contributed by atoms with E-state index in [0.29, 0.717) is 35.3 Å². The first kappa shape index (κ1) is 19.2. The van der Waals surface area contributed by atoms with Crippen LogP contribution in [0.15, 0.2) is 47.8 Å². The fraction of sp³-hybridized carbons (Fsp3) is 0.263. The van der Waals surface area contributed by atoms with Crippen LogP contribution in [0, 0.1) is 5.82 Å². The van der Waals surface area contributed by atoms with Gasteiger partial charge in [0.2, 0.25) is 0 Å². The Kier molecular flexibility index (Phi) is 5.98. The van der Waals surface area contributed by atoms with Gasteiger partial charge >= 0.3 is 0 Å². The SMILES string of the molecule is CC(O)CCNc1cc(-c2nc(S(C)=O)[nH]c2-c2ccc(F)cc2)ccn1. The quantitative estimate of drug-likeness (QED) is 0.578. The maximum atomic E-state index is 13.3. The molecular weight excluding hydrogens is 367 g/mol. The van der Waals surface area contributed by atoms with Gasteiger partial charge in [-0.1, -0.05) is 0 Å². The summed E-state index contributed by atoms with van der Waals surface area (Å²) in [5, 5.41) is 12.9. The Hall–Kier alpha value is -2.58. The standard InChI is InChI=1S/C19H21FN4O2S/c1-12(25)7-9-21-16-11-14(8-10-22-16)18-17(23-19(24-18)27(2)26)13-3-5-15(20)6-4-13/h3-6,8,10-12,25H,7,9H2,1-2H3,(H,21,22)(H,23,24). The Morgan fingerprint density at radius 1 is 1.26 bits per heavy atom. The summed E-state index contributed by atoms with van der Waals surface area (Å²) in [4.78, 5) is 11.8. The van der Waals surface area contributed by atoms with Crippen LogP contribution in [0.1, 0.15) is 13.3 Å². The number of halogens is 1. The number of pyridine rings is 1. The molecule has 0 aliphatic heterocycles. The van der Waals surface area contributed by atoms with Gasteiger partial charge in [-0.05, 0) is 49.7 Å². The number of aliphatic hydroxyl groups excluding tert-OH is 1. The van der Waals surface area contributed by atoms with Crippen molar-refractivity contribution in [3.05, 3.63) is 48.4 Å². The number of hydrogen-bond donors (Lipinski definition) is 3. The van der Waals surface area contributed by atoms with Gasteiger partial charge in [0.15, 0.2) is 5.16 Å². The van der Waals surface area contributed by atoms with Crippen LogP contribution in [0.4, 0.5) is 10.2 Å². The highest BCUT2D eigenvalue weighted by Crippen LogP contribution is 2.31. The maximum Gasteiger partial charge on any atom is 0.197 e. The van der Waals surface area contributed by atoms with Crippen LogP contribution in [0.25, 0.3) is 22.5 Å². The summed E-state index contributed by atoms with van der Waals surface area (Å²) in [6.07, 6.45) is 3.42. The summed E-state index contributed by atoms with van der Waals surface area (Å²) in [6.45, 7) is 2.32. The minimum absolute atomic E-state index is 0.326. The number of nitrogens with zero attached hydrogens (tertiary/aromatic N) is 2. The zero-order chi connectivity index (χ0) is 19.4. The molecule has 2 aromatic heterocycles. The van der Waals surface area contributed by atoms with Crippen molar-refractivity contribution in [3.8, 4) is 22.5 Å². The highest BCUT2D eigenvalue weighted by molar-refractivity contribution is 7.84. The summed E-state index contributed by atoms with van der Waals surface area (Å²) in [5.74, 6) is 0.327. The number of H-pyrrole nitrogens is 1. The maximum absolute atomic E-state index is 13.3. The molecule has 0 radical (unpaired) electrons. The van der Waals surface area contributed by atoms with Crippen molar-refractivity contribution in [3.63, 3.8) is 0 Å². The van der Waals surface area contributed by atoms with Crippen LogP contribution in [-0.2, 0) is 10.8 Å². The molecular formula is C19H21FN4O2S. The number of aromatic nitrogens is 3. The summed E-state index contributed by atoms with van der Waals surface area (Å²) in [6, 6.07) is 9.70. The molecule has 3 N–H and O–H groups in total. The molecule has 0 saturated carbocycles. The van der Waals surface area contributed by atoms with Crippen LogP contribution >= 0.6 is 0 Å². The molecule has 0 amide bonds. The topological polar surface area (TPSA) is 90.9 Å². The van der Waals surface area contributed by atoms with Crippen molar-refractivity contribution >= 4 is 16.6 Å². The lowest BCUT2D eigenvalue weighted by Gasteiger charge is -2.09. The molecule has 0 saturated heterocycles. The number of hydrogen-bond acceptors (Lipinski definition) is 5. The van der Waals surface area contributed by atoms with Gasteiger partial charge in [-0.2, -0.15) is 0 Å². The van der Waals surface area contributed by atoms with Gasteiger partial charge in [0.1, 0.15) is 11.6 Å². The smallest absolute Gasteiger partial charge is 0.197 e. The summed E-state index contributed by atoms with van der Waals surface area (Å²) < 4.78 is 25.2. The fourth-order valence-electron chi connectivity index (χ4n) is 2.61. The molecule has 6 nitrogen and oxygen atoms in total. The van der Waals surface area contributed by atoms with Crippen molar-refractivity contribution in [1.29, 1.82) is 0 Å². The van der Waals surface area contributed by atoms with E-state index in [1.165, 1.54) is 12.1 Å². The van der Waals surface area contributed by atoms with Crippen LogP contribution in [0.5, 0.6) is 0 Å². The Labute approximate surface area is 159 Å². The molecule has 1 aromatic carbocycles. The van der Waals surface area contributed by atoms with Crippen molar-refractivity contribution in [1.82, 2.24) is 15.0 Å². The summed E-state index contributed by atoms with van der Waals surface area (Å²) >= 11 is 0. The predicted octanol–water partition coefficient (Wildman–Crippen LogP) is 3.20. The van der Waals surface area contributed by atoms with E-state index in [9.17, 15) is 13.7 Å². The molecule has 3 aromatic rings. The van der Waals surface area contributed by atoms with Gasteiger partial charge in [-0.25, -0.2) is 14.4 Å². The Balaban J connectivity index is 1.98. The van der Waals surface area contributed by atoms with Crippen molar-refractivity contribution in [2.24, 2.45) is 0 Å². The van der Waals surface area contributed by atoms with E-state index in [1.54, 1.807) is 31.5 Å². The van der Waals surface area contributed by atoms with Gasteiger partial charge in [-0.3, -0.25) is 4.21 Å². The van der Waals surface area contributed by atoms with E-state index in [-0.39, 0.29) is 11.9 Å². The molecule has 142 valence electrons. The zero-order valence-corrected chi connectivity index (χ0v) is 15.9. The monoisotopic (exact) mass is 388 g/mol. The minimum atomic E-state index is -1.29. The second-order valence-corrected chi connectivity index (χ2v) is 7.52. The zero-order valence-electron chi connectivity index (χ0n) is 15.1. The van der Waals surface area contributed by atoms with E-state index in [4.69, 9.17) is 0 Å². The third-order valence-corrected chi connectivity index (χ3v) is 4.73. The van der Waals surface area contributed by atoms with Gasteiger partial charge < -0.3 is 15.4 Å². The van der Waals surface area contributed by atoms with Gasteiger partial charge in [0, 0.05) is 30.1 Å². The number of anilines is 1. The van der Waals surface area contributed by atoms with Crippen molar-refractivity contribution in [2.75, 3.05) is 18.1 Å². The lowest BCUT2D eigenvalue weighted by molar-refractivity contribution is 0.188. The summed E-state index contributed by atoms with van der Waals surface area (Å²) in [7, 11) is -1.29. The van der Waals surface area contributed by atoms with E-state index in [2.05, 4.69) is 20.3 Å². The third-order valence-electron chi connectivity index (χ3n) is 3.99. The van der Waals surface area contributed by atoms with E-state index >= 15 is 0 Å². The number of benzene rings is 1. The highest BCUT2D eigenvalue weighted by Gasteiger charge is 2.16. The molecule has 0 spiro atoms. The van der Waals surface area contributed by atoms with Crippen LogP contribution in [0.2, 0.25) is 0 Å². The first-order valence-electron chi connectivity index (χ1n) is 8.52. The average molecular weight is 388 g/mol. The number of nitrogens with one attached hydrogen (secondary N) is 2.